The molecule has 3 saturated carbocycles. The Morgan fingerprint density at radius 3 is 2.53 bits per heavy atom. The van der Waals surface area contributed by atoms with Crippen molar-refractivity contribution in [1.29, 1.82) is 0 Å². The van der Waals surface area contributed by atoms with Gasteiger partial charge in [-0.3, -0.25) is 4.79 Å². The molecule has 0 aromatic heterocycles. The van der Waals surface area contributed by atoms with Crippen LogP contribution in [-0.4, -0.2) is 12.1 Å². The van der Waals surface area contributed by atoms with Crippen molar-refractivity contribution in [1.82, 2.24) is 0 Å². The molecule has 4 rings (SSSR count). The number of esters is 1. The van der Waals surface area contributed by atoms with Gasteiger partial charge in [0.25, 0.3) is 0 Å². The topological polar surface area (TPSA) is 26.3 Å². The molecule has 0 radical (unpaired) electrons. The fourth-order valence-corrected chi connectivity index (χ4v) is 9.69. The molecule has 0 N–H and O–H groups in total. The first-order valence-corrected chi connectivity index (χ1v) is 16.1. The summed E-state index contributed by atoms with van der Waals surface area (Å²) in [6.45, 7) is 14.8. The highest BCUT2D eigenvalue weighted by Crippen LogP contribution is 2.67. The average Bonchev–Trinajstić information content (AvgIpc) is 3.19. The van der Waals surface area contributed by atoms with E-state index in [1.807, 2.05) is 0 Å². The Morgan fingerprint density at radius 2 is 1.78 bits per heavy atom. The van der Waals surface area contributed by atoms with Crippen molar-refractivity contribution in [3.63, 3.8) is 0 Å². The molecule has 0 bridgehead atoms. The predicted molar refractivity (Wildman–Crippen MR) is 152 cm³/mol. The van der Waals surface area contributed by atoms with Gasteiger partial charge in [-0.2, -0.15) is 0 Å². The van der Waals surface area contributed by atoms with Gasteiger partial charge in [0, 0.05) is 12.8 Å². The summed E-state index contributed by atoms with van der Waals surface area (Å²) in [4.78, 5) is 12.4. The van der Waals surface area contributed by atoms with Gasteiger partial charge in [-0.25, -0.2) is 0 Å². The average molecular weight is 499 g/mol. The molecule has 4 aliphatic carbocycles. The summed E-state index contributed by atoms with van der Waals surface area (Å²) in [5, 5.41) is 0. The number of allylic oxidation sites excluding steroid dienone is 1. The van der Waals surface area contributed by atoms with Gasteiger partial charge in [-0.1, -0.05) is 91.7 Å². The number of fused-ring (bicyclic) bond motifs is 5. The van der Waals surface area contributed by atoms with Gasteiger partial charge < -0.3 is 4.74 Å². The normalized spacial score (nSPS) is 38.6. The molecule has 0 spiro atoms. The molecule has 0 saturated heterocycles. The first-order chi connectivity index (χ1) is 17.2. The second kappa shape index (κ2) is 11.9. The van der Waals surface area contributed by atoms with Gasteiger partial charge in [0.2, 0.25) is 0 Å². The largest absolute Gasteiger partial charge is 0.462 e. The van der Waals surface area contributed by atoms with E-state index in [4.69, 9.17) is 4.74 Å². The van der Waals surface area contributed by atoms with Crippen LogP contribution in [0.3, 0.4) is 0 Å². The smallest absolute Gasteiger partial charge is 0.306 e. The fourth-order valence-electron chi connectivity index (χ4n) is 9.69. The summed E-state index contributed by atoms with van der Waals surface area (Å²) >= 11 is 0. The molecule has 2 nitrogen and oxygen atoms in total. The summed E-state index contributed by atoms with van der Waals surface area (Å²) in [6.07, 6.45) is 22.5. The van der Waals surface area contributed by atoms with Gasteiger partial charge in [0.05, 0.1) is 0 Å². The van der Waals surface area contributed by atoms with E-state index in [2.05, 4.69) is 47.6 Å². The van der Waals surface area contributed by atoms with Crippen LogP contribution in [0.5, 0.6) is 0 Å². The summed E-state index contributed by atoms with van der Waals surface area (Å²) in [7, 11) is 0. The lowest BCUT2D eigenvalue weighted by Gasteiger charge is -2.58. The second-order valence-electron chi connectivity index (χ2n) is 14.5. The SMILES string of the molecule is CCCCCCC(=O)O[C@H]1CC[C@@]2(C)C(=CC[C@H]3[C@@H]4CC[C@H](C(C)CCCC(C)C)[C@@]4(C)CC[C@@H]32)C1. The van der Waals surface area contributed by atoms with Crippen LogP contribution in [0.2, 0.25) is 0 Å². The maximum Gasteiger partial charge on any atom is 0.306 e. The van der Waals surface area contributed by atoms with E-state index in [0.29, 0.717) is 17.3 Å². The minimum absolute atomic E-state index is 0.0435. The first kappa shape index (κ1) is 28.2. The zero-order chi connectivity index (χ0) is 25.9. The lowest BCUT2D eigenvalue weighted by Crippen LogP contribution is -2.51. The molecule has 0 aromatic rings. The minimum Gasteiger partial charge on any atom is -0.462 e. The molecule has 0 aliphatic heterocycles. The van der Waals surface area contributed by atoms with Crippen LogP contribution in [0.1, 0.15) is 144 Å². The van der Waals surface area contributed by atoms with Gasteiger partial charge in [-0.15, -0.1) is 0 Å². The highest BCUT2D eigenvalue weighted by molar-refractivity contribution is 5.69. The highest BCUT2D eigenvalue weighted by Gasteiger charge is 2.59. The standard InChI is InChI=1S/C34H58O2/c1-7-8-9-10-14-32(35)36-27-19-21-33(5)26(23-27)15-16-28-30-18-17-29(25(4)13-11-12-24(2)3)34(30,6)22-20-31(28)33/h15,24-25,27-31H,7-14,16-23H2,1-6H3/t25?,27-,28-,29+,30-,31-,33-,34+/m0/s1. The van der Waals surface area contributed by atoms with E-state index < -0.39 is 0 Å². The molecule has 0 aromatic carbocycles. The van der Waals surface area contributed by atoms with Crippen molar-refractivity contribution in [3.8, 4) is 0 Å². The van der Waals surface area contributed by atoms with Gasteiger partial charge >= 0.3 is 5.97 Å². The van der Waals surface area contributed by atoms with Crippen LogP contribution in [-0.2, 0) is 9.53 Å². The Morgan fingerprint density at radius 1 is 0.972 bits per heavy atom. The van der Waals surface area contributed by atoms with E-state index in [1.54, 1.807) is 5.57 Å². The van der Waals surface area contributed by atoms with E-state index in [1.165, 1.54) is 70.6 Å². The highest BCUT2D eigenvalue weighted by atomic mass is 16.5. The molecular weight excluding hydrogens is 440 g/mol. The molecule has 1 unspecified atom stereocenters. The van der Waals surface area contributed by atoms with Crippen molar-refractivity contribution >= 4 is 5.97 Å². The molecule has 4 aliphatic rings. The summed E-state index contributed by atoms with van der Waals surface area (Å²) in [6, 6.07) is 0. The van der Waals surface area contributed by atoms with Crippen LogP contribution in [0.25, 0.3) is 0 Å². The zero-order valence-electron chi connectivity index (χ0n) is 24.7. The van der Waals surface area contributed by atoms with E-state index in [-0.39, 0.29) is 12.1 Å². The van der Waals surface area contributed by atoms with Crippen LogP contribution in [0.4, 0.5) is 0 Å². The fraction of sp³-hybridized carbons (Fsp3) is 0.912. The number of ether oxygens (including phenoxy) is 1. The minimum atomic E-state index is 0.0435. The van der Waals surface area contributed by atoms with Crippen molar-refractivity contribution in [2.24, 2.45) is 46.3 Å². The maximum atomic E-state index is 12.4. The number of rotatable bonds is 11. The quantitative estimate of drug-likeness (QED) is 0.161. The Labute approximate surface area is 223 Å². The summed E-state index contributed by atoms with van der Waals surface area (Å²) in [5.41, 5.74) is 2.54. The Kier molecular flexibility index (Phi) is 9.36. The number of hydrogen-bond acceptors (Lipinski definition) is 2. The van der Waals surface area contributed by atoms with Crippen molar-refractivity contribution in [3.05, 3.63) is 11.6 Å². The third-order valence-electron chi connectivity index (χ3n) is 11.8. The zero-order valence-corrected chi connectivity index (χ0v) is 24.7. The number of hydrogen-bond donors (Lipinski definition) is 0. The molecule has 0 heterocycles. The van der Waals surface area contributed by atoms with Gasteiger partial charge in [-0.05, 0) is 97.7 Å². The second-order valence-corrected chi connectivity index (χ2v) is 14.5. The van der Waals surface area contributed by atoms with Gasteiger partial charge in [0.1, 0.15) is 6.10 Å². The number of unbranched alkanes of at least 4 members (excludes halogenated alkanes) is 3. The van der Waals surface area contributed by atoms with Crippen molar-refractivity contribution < 1.29 is 9.53 Å². The van der Waals surface area contributed by atoms with E-state index in [9.17, 15) is 4.79 Å². The van der Waals surface area contributed by atoms with Crippen LogP contribution < -0.4 is 0 Å². The molecule has 3 fully saturated rings. The van der Waals surface area contributed by atoms with E-state index in [0.717, 1.165) is 61.2 Å². The maximum absolute atomic E-state index is 12.4. The lowest BCUT2D eigenvalue weighted by molar-refractivity contribution is -0.151. The summed E-state index contributed by atoms with van der Waals surface area (Å²) < 4.78 is 5.99. The molecule has 206 valence electrons. The Balaban J connectivity index is 1.36. The molecule has 36 heavy (non-hydrogen) atoms. The van der Waals surface area contributed by atoms with Crippen LogP contribution in [0, 0.1) is 46.3 Å². The number of carbonyl (C=O) groups excluding carboxylic acids is 1. The predicted octanol–water partition coefficient (Wildman–Crippen LogP) is 9.91. The molecule has 2 heteroatoms. The first-order valence-electron chi connectivity index (χ1n) is 16.1. The third-order valence-corrected chi connectivity index (χ3v) is 11.8. The van der Waals surface area contributed by atoms with Crippen LogP contribution in [0.15, 0.2) is 11.6 Å². The number of carbonyl (C=O) groups is 1. The lowest BCUT2D eigenvalue weighted by atomic mass is 9.47. The van der Waals surface area contributed by atoms with Crippen LogP contribution >= 0.6 is 0 Å². The summed E-state index contributed by atoms with van der Waals surface area (Å²) in [5.74, 6) is 5.34. The van der Waals surface area contributed by atoms with Gasteiger partial charge in [0.15, 0.2) is 0 Å². The molecule has 8 atom stereocenters. The Hall–Kier alpha value is -0.790. The molecular formula is C34H58O2. The third kappa shape index (κ3) is 5.78. The molecule has 0 amide bonds. The van der Waals surface area contributed by atoms with Crippen molar-refractivity contribution in [2.45, 2.75) is 150 Å². The monoisotopic (exact) mass is 498 g/mol. The van der Waals surface area contributed by atoms with E-state index >= 15 is 0 Å². The Bertz CT molecular complexity index is 767. The van der Waals surface area contributed by atoms with Crippen molar-refractivity contribution in [2.75, 3.05) is 0 Å².